The Balaban J connectivity index is 0.000000312. The largest absolute Gasteiger partial charge is 0.448 e. The van der Waals surface area contributed by atoms with Crippen LogP contribution >= 0.6 is 15.9 Å². The monoisotopic (exact) mass is 338 g/mol. The van der Waals surface area contributed by atoms with Gasteiger partial charge in [0.25, 0.3) is 0 Å². The molecular formula is C12H14BrF3N2O. The first-order valence-corrected chi connectivity index (χ1v) is 6.48. The third kappa shape index (κ3) is 7.71. The number of hydrogen-bond acceptors (Lipinski definition) is 1. The van der Waals surface area contributed by atoms with E-state index in [1.807, 2.05) is 23.1 Å². The number of rotatable bonds is 3. The number of hydrogen-bond donors (Lipinski definition) is 1. The molecule has 1 aliphatic heterocycles. The summed E-state index contributed by atoms with van der Waals surface area (Å²) >= 11 is 1.38. The lowest BCUT2D eigenvalue weighted by molar-refractivity contribution is -0.0245. The van der Waals surface area contributed by atoms with Gasteiger partial charge in [0, 0.05) is 35.6 Å². The molecule has 0 saturated carbocycles. The first kappa shape index (κ1) is 15.8. The van der Waals surface area contributed by atoms with Gasteiger partial charge in [-0.15, -0.1) is 0 Å². The van der Waals surface area contributed by atoms with Crippen molar-refractivity contribution in [3.8, 4) is 0 Å². The van der Waals surface area contributed by atoms with E-state index in [0.29, 0.717) is 0 Å². The van der Waals surface area contributed by atoms with Gasteiger partial charge >= 0.3 is 11.1 Å². The topological polar surface area (TPSA) is 32.3 Å². The van der Waals surface area contributed by atoms with Crippen LogP contribution in [0.4, 0.5) is 18.0 Å². The molecule has 0 radical (unpaired) electrons. The zero-order valence-corrected chi connectivity index (χ0v) is 11.7. The molecule has 1 aromatic carbocycles. The van der Waals surface area contributed by atoms with E-state index < -0.39 is 5.09 Å². The Labute approximate surface area is 117 Å². The lowest BCUT2D eigenvalue weighted by Crippen LogP contribution is -2.29. The number of nitrogens with one attached hydrogen (secondary N) is 1. The van der Waals surface area contributed by atoms with Crippen molar-refractivity contribution in [2.24, 2.45) is 0 Å². The molecule has 0 aromatic heterocycles. The van der Waals surface area contributed by atoms with Crippen molar-refractivity contribution >= 4 is 22.0 Å². The number of carbonyl (C=O) groups excluding carboxylic acids is 1. The maximum absolute atomic E-state index is 11.2. The zero-order chi connectivity index (χ0) is 14.3. The highest BCUT2D eigenvalue weighted by atomic mass is 79.9. The third-order valence-corrected chi connectivity index (χ3v) is 2.46. The third-order valence-electron chi connectivity index (χ3n) is 2.46. The second-order valence-corrected chi connectivity index (χ2v) is 4.78. The van der Waals surface area contributed by atoms with E-state index in [2.05, 4.69) is 17.4 Å². The van der Waals surface area contributed by atoms with Crippen LogP contribution in [0.1, 0.15) is 5.56 Å². The highest BCUT2D eigenvalue weighted by molar-refractivity contribution is 9.09. The van der Waals surface area contributed by atoms with Crippen molar-refractivity contribution in [2.45, 2.75) is 11.5 Å². The fourth-order valence-corrected chi connectivity index (χ4v) is 1.63. The standard InChI is InChI=1S/C11H14N2O.CBrF3/c14-11-12-7-9-13(11)8-6-10-4-2-1-3-5-10;2-1(3,4)5/h1-5H,6-9H2,(H,12,14);. The zero-order valence-electron chi connectivity index (χ0n) is 10.1. The molecule has 19 heavy (non-hydrogen) atoms. The van der Waals surface area contributed by atoms with E-state index in [9.17, 15) is 18.0 Å². The number of nitrogens with zero attached hydrogens (tertiary/aromatic N) is 1. The Morgan fingerprint density at radius 2 is 1.84 bits per heavy atom. The molecule has 1 aromatic rings. The molecule has 1 saturated heterocycles. The number of alkyl halides is 4. The summed E-state index contributed by atoms with van der Waals surface area (Å²) in [4.78, 5) is 13.1. The molecule has 1 N–H and O–H groups in total. The molecule has 2 rings (SSSR count). The Hall–Kier alpha value is -1.24. The van der Waals surface area contributed by atoms with Crippen molar-refractivity contribution in [2.75, 3.05) is 19.6 Å². The molecule has 0 atom stereocenters. The van der Waals surface area contributed by atoms with Gasteiger partial charge in [-0.25, -0.2) is 4.79 Å². The molecule has 0 bridgehead atoms. The minimum Gasteiger partial charge on any atom is -0.336 e. The Kier molecular flexibility index (Phi) is 6.14. The van der Waals surface area contributed by atoms with Gasteiger partial charge in [-0.3, -0.25) is 0 Å². The van der Waals surface area contributed by atoms with Gasteiger partial charge in [0.05, 0.1) is 0 Å². The van der Waals surface area contributed by atoms with E-state index in [0.717, 1.165) is 26.1 Å². The van der Waals surface area contributed by atoms with E-state index in [-0.39, 0.29) is 6.03 Å². The smallest absolute Gasteiger partial charge is 0.336 e. The average molecular weight is 339 g/mol. The predicted molar refractivity (Wildman–Crippen MR) is 70.1 cm³/mol. The summed E-state index contributed by atoms with van der Waals surface area (Å²) in [6.07, 6.45) is 0.939. The molecule has 0 spiro atoms. The second-order valence-electron chi connectivity index (χ2n) is 3.88. The lowest BCUT2D eigenvalue weighted by atomic mass is 10.1. The quantitative estimate of drug-likeness (QED) is 0.843. The van der Waals surface area contributed by atoms with Crippen LogP contribution in [0, 0.1) is 0 Å². The Morgan fingerprint density at radius 1 is 1.26 bits per heavy atom. The minimum absolute atomic E-state index is 0.0703. The molecule has 2 amide bonds. The second kappa shape index (κ2) is 7.37. The first-order chi connectivity index (χ1) is 8.86. The van der Waals surface area contributed by atoms with Crippen LogP contribution in [-0.2, 0) is 6.42 Å². The van der Waals surface area contributed by atoms with Gasteiger partial charge in [0.15, 0.2) is 0 Å². The van der Waals surface area contributed by atoms with Crippen LogP contribution in [0.3, 0.4) is 0 Å². The summed E-state index contributed by atoms with van der Waals surface area (Å²) in [5, 5.41) is -1.39. The van der Waals surface area contributed by atoms with Crippen LogP contribution < -0.4 is 5.32 Å². The minimum atomic E-state index is -4.19. The van der Waals surface area contributed by atoms with Crippen LogP contribution in [0.25, 0.3) is 0 Å². The van der Waals surface area contributed by atoms with Crippen molar-refractivity contribution < 1.29 is 18.0 Å². The summed E-state index contributed by atoms with van der Waals surface area (Å²) in [7, 11) is 0. The van der Waals surface area contributed by atoms with Crippen LogP contribution in [-0.4, -0.2) is 35.7 Å². The van der Waals surface area contributed by atoms with Crippen LogP contribution in [0.5, 0.6) is 0 Å². The van der Waals surface area contributed by atoms with Crippen LogP contribution in [0.2, 0.25) is 0 Å². The number of amides is 2. The number of carbonyl (C=O) groups is 1. The average Bonchev–Trinajstić information content (AvgIpc) is 2.71. The molecule has 1 heterocycles. The van der Waals surface area contributed by atoms with E-state index >= 15 is 0 Å². The summed E-state index contributed by atoms with van der Waals surface area (Å²) in [6, 6.07) is 10.3. The van der Waals surface area contributed by atoms with Crippen molar-refractivity contribution in [3.63, 3.8) is 0 Å². The Morgan fingerprint density at radius 3 is 2.32 bits per heavy atom. The fourth-order valence-electron chi connectivity index (χ4n) is 1.63. The van der Waals surface area contributed by atoms with Gasteiger partial charge in [-0.1, -0.05) is 30.3 Å². The van der Waals surface area contributed by atoms with E-state index in [1.165, 1.54) is 21.5 Å². The number of halogens is 4. The van der Waals surface area contributed by atoms with Crippen molar-refractivity contribution in [1.29, 1.82) is 0 Å². The van der Waals surface area contributed by atoms with Crippen molar-refractivity contribution in [3.05, 3.63) is 35.9 Å². The number of benzene rings is 1. The highest BCUT2D eigenvalue weighted by Crippen LogP contribution is 2.21. The summed E-state index contributed by atoms with van der Waals surface area (Å²) in [6.45, 7) is 2.44. The predicted octanol–water partition coefficient (Wildman–Crippen LogP) is 3.16. The Bertz CT molecular complexity index is 392. The van der Waals surface area contributed by atoms with Crippen LogP contribution in [0.15, 0.2) is 30.3 Å². The molecule has 0 unspecified atom stereocenters. The molecule has 7 heteroatoms. The molecule has 1 aliphatic rings. The molecule has 0 aliphatic carbocycles. The normalized spacial score (nSPS) is 14.7. The summed E-state index contributed by atoms with van der Waals surface area (Å²) < 4.78 is 30.8. The maximum Gasteiger partial charge on any atom is 0.448 e. The fraction of sp³-hybridized carbons (Fsp3) is 0.417. The van der Waals surface area contributed by atoms with E-state index in [4.69, 9.17) is 0 Å². The van der Waals surface area contributed by atoms with Gasteiger partial charge in [0.2, 0.25) is 0 Å². The van der Waals surface area contributed by atoms with Gasteiger partial charge < -0.3 is 10.2 Å². The van der Waals surface area contributed by atoms with Gasteiger partial charge in [0.1, 0.15) is 0 Å². The van der Waals surface area contributed by atoms with Gasteiger partial charge in [-0.2, -0.15) is 13.2 Å². The maximum atomic E-state index is 11.2. The van der Waals surface area contributed by atoms with E-state index in [1.54, 1.807) is 0 Å². The number of urea groups is 1. The molecular weight excluding hydrogens is 325 g/mol. The highest BCUT2D eigenvalue weighted by Gasteiger charge is 2.19. The van der Waals surface area contributed by atoms with Gasteiger partial charge in [-0.05, 0) is 12.0 Å². The first-order valence-electron chi connectivity index (χ1n) is 5.68. The summed E-state index contributed by atoms with van der Waals surface area (Å²) in [5.74, 6) is 0. The molecule has 106 valence electrons. The SMILES string of the molecule is FC(F)(F)Br.O=C1NCCN1CCc1ccccc1. The molecule has 3 nitrogen and oxygen atoms in total. The molecule has 1 fully saturated rings. The summed E-state index contributed by atoms with van der Waals surface area (Å²) in [5.41, 5.74) is 1.28. The lowest BCUT2D eigenvalue weighted by Gasteiger charge is -2.13. The van der Waals surface area contributed by atoms with Crippen molar-refractivity contribution in [1.82, 2.24) is 10.2 Å².